The Morgan fingerprint density at radius 2 is 1.86 bits per heavy atom. The molecule has 1 amide bonds. The largest absolute Gasteiger partial charge is 0.336 e. The van der Waals surface area contributed by atoms with Crippen LogP contribution in [0.4, 0.5) is 0 Å². The molecule has 0 bridgehead atoms. The van der Waals surface area contributed by atoms with Crippen molar-refractivity contribution in [2.75, 3.05) is 32.7 Å². The minimum atomic E-state index is 0.0583. The lowest BCUT2D eigenvalue weighted by Crippen LogP contribution is -2.48. The van der Waals surface area contributed by atoms with E-state index in [-0.39, 0.29) is 5.91 Å². The summed E-state index contributed by atoms with van der Waals surface area (Å²) < 4.78 is 7.29. The predicted molar refractivity (Wildman–Crippen MR) is 106 cm³/mol. The standard InChI is InChI=1S/C21H25N5O2/c1-3-24-11-13-25(14-12-24)21(27)18-5-4-10-26(18)15-19-22-20(28-23-19)17-8-6-16(2)7-9-17/h4-10H,3,11-15H2,1-2H3. The van der Waals surface area contributed by atoms with Gasteiger partial charge < -0.3 is 18.9 Å². The first-order valence-corrected chi connectivity index (χ1v) is 9.70. The van der Waals surface area contributed by atoms with E-state index in [0.29, 0.717) is 24.0 Å². The fourth-order valence-corrected chi connectivity index (χ4v) is 3.46. The zero-order valence-corrected chi connectivity index (χ0v) is 16.3. The lowest BCUT2D eigenvalue weighted by molar-refractivity contribution is 0.0633. The smallest absolute Gasteiger partial charge is 0.270 e. The van der Waals surface area contributed by atoms with Gasteiger partial charge >= 0.3 is 0 Å². The van der Waals surface area contributed by atoms with Gasteiger partial charge in [0.15, 0.2) is 5.82 Å². The number of aryl methyl sites for hydroxylation is 1. The summed E-state index contributed by atoms with van der Waals surface area (Å²) in [4.78, 5) is 21.7. The van der Waals surface area contributed by atoms with E-state index in [1.807, 2.05) is 59.0 Å². The Balaban J connectivity index is 1.46. The van der Waals surface area contributed by atoms with Gasteiger partial charge in [0.2, 0.25) is 0 Å². The van der Waals surface area contributed by atoms with Crippen LogP contribution in [0.5, 0.6) is 0 Å². The molecule has 1 aromatic carbocycles. The van der Waals surface area contributed by atoms with Crippen molar-refractivity contribution in [2.24, 2.45) is 0 Å². The maximum absolute atomic E-state index is 12.9. The SMILES string of the molecule is CCN1CCN(C(=O)c2cccn2Cc2noc(-c3ccc(C)cc3)n2)CC1. The highest BCUT2D eigenvalue weighted by Crippen LogP contribution is 2.18. The van der Waals surface area contributed by atoms with Gasteiger partial charge in [0.1, 0.15) is 5.69 Å². The van der Waals surface area contributed by atoms with E-state index < -0.39 is 0 Å². The molecular weight excluding hydrogens is 354 g/mol. The fourth-order valence-electron chi connectivity index (χ4n) is 3.46. The number of likely N-dealkylation sites (N-methyl/N-ethyl adjacent to an activating group) is 1. The van der Waals surface area contributed by atoms with Crippen LogP contribution < -0.4 is 0 Å². The van der Waals surface area contributed by atoms with Crippen LogP contribution in [-0.2, 0) is 6.54 Å². The zero-order valence-electron chi connectivity index (χ0n) is 16.3. The van der Waals surface area contributed by atoms with Gasteiger partial charge in [-0.2, -0.15) is 4.98 Å². The molecule has 28 heavy (non-hydrogen) atoms. The third-order valence-corrected chi connectivity index (χ3v) is 5.23. The Morgan fingerprint density at radius 3 is 2.57 bits per heavy atom. The Bertz CT molecular complexity index is 936. The number of aromatic nitrogens is 3. The Labute approximate surface area is 164 Å². The van der Waals surface area contributed by atoms with Gasteiger partial charge in [-0.1, -0.05) is 29.8 Å². The molecule has 0 N–H and O–H groups in total. The van der Waals surface area contributed by atoms with Crippen molar-refractivity contribution in [3.8, 4) is 11.5 Å². The normalized spacial score (nSPS) is 15.1. The number of hydrogen-bond acceptors (Lipinski definition) is 5. The van der Waals surface area contributed by atoms with Gasteiger partial charge in [-0.3, -0.25) is 4.79 Å². The van der Waals surface area contributed by atoms with E-state index in [1.54, 1.807) is 0 Å². The van der Waals surface area contributed by atoms with Gasteiger partial charge in [-0.25, -0.2) is 0 Å². The van der Waals surface area contributed by atoms with Crippen molar-refractivity contribution in [3.05, 3.63) is 59.7 Å². The monoisotopic (exact) mass is 379 g/mol. The molecule has 0 spiro atoms. The first-order chi connectivity index (χ1) is 13.6. The van der Waals surface area contributed by atoms with Crippen LogP contribution in [-0.4, -0.2) is 63.1 Å². The van der Waals surface area contributed by atoms with E-state index in [2.05, 4.69) is 22.0 Å². The molecule has 0 radical (unpaired) electrons. The topological polar surface area (TPSA) is 67.4 Å². The van der Waals surface area contributed by atoms with Crippen LogP contribution in [0, 0.1) is 6.92 Å². The van der Waals surface area contributed by atoms with Crippen LogP contribution >= 0.6 is 0 Å². The van der Waals surface area contributed by atoms with Crippen molar-refractivity contribution < 1.29 is 9.32 Å². The lowest BCUT2D eigenvalue weighted by atomic mass is 10.1. The van der Waals surface area contributed by atoms with Gasteiger partial charge in [0, 0.05) is 37.9 Å². The van der Waals surface area contributed by atoms with E-state index >= 15 is 0 Å². The molecule has 3 heterocycles. The summed E-state index contributed by atoms with van der Waals surface area (Å²) in [6, 6.07) is 11.7. The molecule has 1 aliphatic rings. The maximum Gasteiger partial charge on any atom is 0.270 e. The minimum Gasteiger partial charge on any atom is -0.336 e. The zero-order chi connectivity index (χ0) is 19.5. The van der Waals surface area contributed by atoms with Gasteiger partial charge in [0.25, 0.3) is 11.8 Å². The summed E-state index contributed by atoms with van der Waals surface area (Å²) in [5, 5.41) is 4.09. The van der Waals surface area contributed by atoms with Crippen molar-refractivity contribution in [1.82, 2.24) is 24.5 Å². The molecule has 3 aromatic rings. The number of carbonyl (C=O) groups excluding carboxylic acids is 1. The molecule has 1 saturated heterocycles. The van der Waals surface area contributed by atoms with E-state index in [4.69, 9.17) is 4.52 Å². The summed E-state index contributed by atoms with van der Waals surface area (Å²) in [6.07, 6.45) is 1.89. The number of carbonyl (C=O) groups is 1. The van der Waals surface area contributed by atoms with Crippen molar-refractivity contribution >= 4 is 5.91 Å². The third-order valence-electron chi connectivity index (χ3n) is 5.23. The quantitative estimate of drug-likeness (QED) is 0.682. The first-order valence-electron chi connectivity index (χ1n) is 9.70. The molecule has 7 nitrogen and oxygen atoms in total. The molecule has 1 aliphatic heterocycles. The molecule has 2 aromatic heterocycles. The lowest BCUT2D eigenvalue weighted by Gasteiger charge is -2.34. The predicted octanol–water partition coefficient (Wildman–Crippen LogP) is 2.67. The van der Waals surface area contributed by atoms with E-state index in [0.717, 1.165) is 38.3 Å². The molecule has 146 valence electrons. The third kappa shape index (κ3) is 3.84. The minimum absolute atomic E-state index is 0.0583. The summed E-state index contributed by atoms with van der Waals surface area (Å²) in [5.41, 5.74) is 2.73. The van der Waals surface area contributed by atoms with Crippen LogP contribution in [0.3, 0.4) is 0 Å². The van der Waals surface area contributed by atoms with Crippen LogP contribution in [0.1, 0.15) is 28.8 Å². The van der Waals surface area contributed by atoms with E-state index in [9.17, 15) is 4.79 Å². The highest BCUT2D eigenvalue weighted by Gasteiger charge is 2.23. The van der Waals surface area contributed by atoms with Crippen LogP contribution in [0.15, 0.2) is 47.1 Å². The second kappa shape index (κ2) is 7.98. The van der Waals surface area contributed by atoms with Crippen LogP contribution in [0.2, 0.25) is 0 Å². The molecule has 0 unspecified atom stereocenters. The fraction of sp³-hybridized carbons (Fsp3) is 0.381. The number of amides is 1. The Morgan fingerprint density at radius 1 is 1.11 bits per heavy atom. The number of rotatable bonds is 5. The van der Waals surface area contributed by atoms with Crippen LogP contribution in [0.25, 0.3) is 11.5 Å². The highest BCUT2D eigenvalue weighted by atomic mass is 16.5. The van der Waals surface area contributed by atoms with E-state index in [1.165, 1.54) is 5.56 Å². The van der Waals surface area contributed by atoms with Gasteiger partial charge in [-0.15, -0.1) is 0 Å². The molecule has 0 saturated carbocycles. The summed E-state index contributed by atoms with van der Waals surface area (Å²) in [7, 11) is 0. The second-order valence-corrected chi connectivity index (χ2v) is 7.13. The van der Waals surface area contributed by atoms with Crippen molar-refractivity contribution in [1.29, 1.82) is 0 Å². The average molecular weight is 379 g/mol. The average Bonchev–Trinajstić information content (AvgIpc) is 3.38. The molecule has 4 rings (SSSR count). The number of benzene rings is 1. The number of nitrogens with zero attached hydrogens (tertiary/aromatic N) is 5. The Hall–Kier alpha value is -2.93. The number of piperazine rings is 1. The Kier molecular flexibility index (Phi) is 5.25. The summed E-state index contributed by atoms with van der Waals surface area (Å²) >= 11 is 0. The first kappa shape index (κ1) is 18.4. The molecule has 0 aliphatic carbocycles. The highest BCUT2D eigenvalue weighted by molar-refractivity contribution is 5.92. The van der Waals surface area contributed by atoms with Crippen molar-refractivity contribution in [3.63, 3.8) is 0 Å². The number of hydrogen-bond donors (Lipinski definition) is 0. The molecular formula is C21H25N5O2. The second-order valence-electron chi connectivity index (χ2n) is 7.13. The summed E-state index contributed by atoms with van der Waals surface area (Å²) in [6.45, 7) is 8.99. The van der Waals surface area contributed by atoms with Crippen molar-refractivity contribution in [2.45, 2.75) is 20.4 Å². The maximum atomic E-state index is 12.9. The molecule has 7 heteroatoms. The van der Waals surface area contributed by atoms with Gasteiger partial charge in [-0.05, 0) is 37.7 Å². The molecule has 1 fully saturated rings. The van der Waals surface area contributed by atoms with Gasteiger partial charge in [0.05, 0.1) is 6.54 Å². The summed E-state index contributed by atoms with van der Waals surface area (Å²) in [5.74, 6) is 1.10. The molecule has 0 atom stereocenters.